The quantitative estimate of drug-likeness (QED) is 0.830. The van der Waals surface area contributed by atoms with Gasteiger partial charge in [-0.3, -0.25) is 0 Å². The third-order valence-corrected chi connectivity index (χ3v) is 3.80. The van der Waals surface area contributed by atoms with Crippen molar-refractivity contribution in [2.75, 3.05) is 14.2 Å². The van der Waals surface area contributed by atoms with Crippen molar-refractivity contribution in [2.24, 2.45) is 0 Å². The zero-order chi connectivity index (χ0) is 11.8. The van der Waals surface area contributed by atoms with E-state index in [0.29, 0.717) is 6.04 Å². The molecule has 2 N–H and O–H groups in total. The first-order chi connectivity index (χ1) is 8.31. The second-order valence-electron chi connectivity index (χ2n) is 4.72. The fraction of sp³-hybridized carbons (Fsp3) is 0.429. The van der Waals surface area contributed by atoms with E-state index in [2.05, 4.69) is 22.4 Å². The summed E-state index contributed by atoms with van der Waals surface area (Å²) in [4.78, 5) is 3.54. The minimum atomic E-state index is 0.609. The van der Waals surface area contributed by atoms with E-state index in [-0.39, 0.29) is 0 Å². The van der Waals surface area contributed by atoms with Gasteiger partial charge in [0.05, 0.1) is 7.11 Å². The second-order valence-corrected chi connectivity index (χ2v) is 4.72. The topological polar surface area (TPSA) is 37.0 Å². The van der Waals surface area contributed by atoms with Crippen LogP contribution in [-0.4, -0.2) is 25.2 Å². The zero-order valence-electron chi connectivity index (χ0n) is 10.3. The van der Waals surface area contributed by atoms with E-state index in [1.165, 1.54) is 28.6 Å². The Morgan fingerprint density at radius 1 is 1.41 bits per heavy atom. The fourth-order valence-electron chi connectivity index (χ4n) is 2.78. The molecule has 0 amide bonds. The summed E-state index contributed by atoms with van der Waals surface area (Å²) >= 11 is 0. The van der Waals surface area contributed by atoms with Crippen molar-refractivity contribution in [1.82, 2.24) is 10.3 Å². The maximum Gasteiger partial charge on any atom is 0.119 e. The molecular formula is C14H18N2O. The fourth-order valence-corrected chi connectivity index (χ4v) is 2.78. The Morgan fingerprint density at radius 2 is 2.29 bits per heavy atom. The van der Waals surface area contributed by atoms with E-state index in [4.69, 9.17) is 4.74 Å². The number of rotatable bonds is 2. The summed E-state index contributed by atoms with van der Waals surface area (Å²) in [5, 5.41) is 4.69. The number of H-pyrrole nitrogens is 1. The Kier molecular flexibility index (Phi) is 2.56. The Hall–Kier alpha value is -1.48. The average Bonchev–Trinajstić information content (AvgIpc) is 2.74. The van der Waals surface area contributed by atoms with Crippen LogP contribution in [0.1, 0.15) is 17.7 Å². The Balaban J connectivity index is 2.09. The van der Waals surface area contributed by atoms with Crippen molar-refractivity contribution < 1.29 is 4.74 Å². The maximum atomic E-state index is 5.30. The van der Waals surface area contributed by atoms with E-state index in [0.717, 1.165) is 18.6 Å². The van der Waals surface area contributed by atoms with E-state index in [1.54, 1.807) is 7.11 Å². The number of hydrogen-bond donors (Lipinski definition) is 2. The largest absolute Gasteiger partial charge is 0.497 e. The molecule has 1 heterocycles. The minimum absolute atomic E-state index is 0.609. The molecule has 0 spiro atoms. The predicted octanol–water partition coefficient (Wildman–Crippen LogP) is 2.25. The zero-order valence-corrected chi connectivity index (χ0v) is 10.3. The lowest BCUT2D eigenvalue weighted by Crippen LogP contribution is -2.31. The van der Waals surface area contributed by atoms with Crippen LogP contribution in [0.4, 0.5) is 0 Å². The lowest BCUT2D eigenvalue weighted by Gasteiger charge is -2.21. The number of benzene rings is 1. The van der Waals surface area contributed by atoms with Crippen molar-refractivity contribution in [2.45, 2.75) is 25.3 Å². The van der Waals surface area contributed by atoms with Gasteiger partial charge in [0.25, 0.3) is 0 Å². The van der Waals surface area contributed by atoms with Crippen LogP contribution in [-0.2, 0) is 12.8 Å². The molecule has 0 aliphatic heterocycles. The normalized spacial score (nSPS) is 19.3. The van der Waals surface area contributed by atoms with Crippen molar-refractivity contribution in [3.63, 3.8) is 0 Å². The number of aromatic amines is 1. The van der Waals surface area contributed by atoms with Crippen LogP contribution in [0.2, 0.25) is 0 Å². The molecule has 3 heteroatoms. The number of nitrogens with one attached hydrogen (secondary N) is 2. The average molecular weight is 230 g/mol. The van der Waals surface area contributed by atoms with Gasteiger partial charge < -0.3 is 15.0 Å². The van der Waals surface area contributed by atoms with Crippen molar-refractivity contribution in [3.05, 3.63) is 29.5 Å². The smallest absolute Gasteiger partial charge is 0.119 e. The van der Waals surface area contributed by atoms with Crippen LogP contribution in [0, 0.1) is 0 Å². The van der Waals surface area contributed by atoms with Gasteiger partial charge in [-0.25, -0.2) is 0 Å². The Morgan fingerprint density at radius 3 is 3.06 bits per heavy atom. The predicted molar refractivity (Wildman–Crippen MR) is 69.7 cm³/mol. The van der Waals surface area contributed by atoms with Crippen molar-refractivity contribution in [1.29, 1.82) is 0 Å². The van der Waals surface area contributed by atoms with Gasteiger partial charge in [0.15, 0.2) is 0 Å². The highest BCUT2D eigenvalue weighted by Gasteiger charge is 2.21. The molecule has 0 fully saturated rings. The van der Waals surface area contributed by atoms with E-state index in [1.807, 2.05) is 13.1 Å². The number of hydrogen-bond acceptors (Lipinski definition) is 2. The molecule has 17 heavy (non-hydrogen) atoms. The molecule has 0 saturated heterocycles. The molecule has 1 atom stereocenters. The van der Waals surface area contributed by atoms with Gasteiger partial charge in [-0.15, -0.1) is 0 Å². The molecule has 1 aromatic heterocycles. The van der Waals surface area contributed by atoms with Gasteiger partial charge in [0, 0.05) is 29.1 Å². The summed E-state index contributed by atoms with van der Waals surface area (Å²) in [7, 11) is 3.76. The van der Waals surface area contributed by atoms with Crippen LogP contribution in [0.25, 0.3) is 10.9 Å². The molecule has 0 bridgehead atoms. The molecular weight excluding hydrogens is 212 g/mol. The van der Waals surface area contributed by atoms with Gasteiger partial charge in [-0.1, -0.05) is 0 Å². The third-order valence-electron chi connectivity index (χ3n) is 3.80. The second kappa shape index (κ2) is 4.08. The molecule has 0 saturated carbocycles. The van der Waals surface area contributed by atoms with E-state index in [9.17, 15) is 0 Å². The monoisotopic (exact) mass is 230 g/mol. The van der Waals surface area contributed by atoms with Gasteiger partial charge in [-0.05, 0) is 43.7 Å². The summed E-state index contributed by atoms with van der Waals surface area (Å²) in [5.41, 5.74) is 4.09. The number of fused-ring (bicyclic) bond motifs is 3. The Labute approximate surface area is 101 Å². The first-order valence-electron chi connectivity index (χ1n) is 6.16. The summed E-state index contributed by atoms with van der Waals surface area (Å²) < 4.78 is 5.30. The summed E-state index contributed by atoms with van der Waals surface area (Å²) in [6.45, 7) is 0. The van der Waals surface area contributed by atoms with Gasteiger partial charge in [0.2, 0.25) is 0 Å². The number of methoxy groups -OCH3 is 1. The van der Waals surface area contributed by atoms with Crippen molar-refractivity contribution in [3.8, 4) is 5.75 Å². The summed E-state index contributed by atoms with van der Waals surface area (Å²) in [6, 6.07) is 6.88. The molecule has 1 unspecified atom stereocenters. The molecule has 3 rings (SSSR count). The first-order valence-corrected chi connectivity index (χ1v) is 6.16. The number of ether oxygens (including phenoxy) is 1. The van der Waals surface area contributed by atoms with E-state index < -0.39 is 0 Å². The first kappa shape index (κ1) is 10.7. The molecule has 2 aromatic rings. The van der Waals surface area contributed by atoms with Gasteiger partial charge in [0.1, 0.15) is 5.75 Å². The standard InChI is InChI=1S/C14H18N2O/c1-15-9-3-5-11-12-8-10(17-2)4-6-13(12)16-14(11)7-9/h4,6,8-9,15-16H,3,5,7H2,1-2H3. The number of likely N-dealkylation sites (N-methyl/N-ethyl adjacent to an activating group) is 1. The summed E-state index contributed by atoms with van der Waals surface area (Å²) in [5.74, 6) is 0.940. The maximum absolute atomic E-state index is 5.30. The number of aryl methyl sites for hydroxylation is 1. The van der Waals surface area contributed by atoms with Crippen LogP contribution in [0.15, 0.2) is 18.2 Å². The van der Waals surface area contributed by atoms with Crippen molar-refractivity contribution >= 4 is 10.9 Å². The summed E-state index contributed by atoms with van der Waals surface area (Å²) in [6.07, 6.45) is 3.46. The van der Waals surface area contributed by atoms with Crippen LogP contribution >= 0.6 is 0 Å². The molecule has 1 aliphatic rings. The lowest BCUT2D eigenvalue weighted by molar-refractivity contribution is 0.415. The Bertz CT molecular complexity index is 544. The van der Waals surface area contributed by atoms with E-state index >= 15 is 0 Å². The highest BCUT2D eigenvalue weighted by Crippen LogP contribution is 2.31. The highest BCUT2D eigenvalue weighted by molar-refractivity contribution is 5.86. The molecule has 0 radical (unpaired) electrons. The lowest BCUT2D eigenvalue weighted by atomic mass is 9.92. The minimum Gasteiger partial charge on any atom is -0.497 e. The SMILES string of the molecule is CNC1CCc2c([nH]c3ccc(OC)cc23)C1. The van der Waals surface area contributed by atoms with Crippen LogP contribution in [0.3, 0.4) is 0 Å². The third kappa shape index (κ3) is 1.71. The molecule has 90 valence electrons. The van der Waals surface area contributed by atoms with Crippen LogP contribution in [0.5, 0.6) is 5.75 Å². The molecule has 1 aromatic carbocycles. The van der Waals surface area contributed by atoms with Gasteiger partial charge >= 0.3 is 0 Å². The highest BCUT2D eigenvalue weighted by atomic mass is 16.5. The number of aromatic nitrogens is 1. The molecule has 3 nitrogen and oxygen atoms in total. The van der Waals surface area contributed by atoms with Crippen LogP contribution < -0.4 is 10.1 Å². The van der Waals surface area contributed by atoms with Gasteiger partial charge in [-0.2, -0.15) is 0 Å². The molecule has 1 aliphatic carbocycles.